The van der Waals surface area contributed by atoms with Gasteiger partial charge in [-0.05, 0) is 24.3 Å². The third-order valence-electron chi connectivity index (χ3n) is 3.44. The molecule has 0 amide bonds. The summed E-state index contributed by atoms with van der Waals surface area (Å²) < 4.78 is 15.3. The number of halogens is 1. The first-order valence-corrected chi connectivity index (χ1v) is 6.51. The Bertz CT molecular complexity index is 975. The van der Waals surface area contributed by atoms with Crippen LogP contribution in [0.1, 0.15) is 0 Å². The van der Waals surface area contributed by atoms with Crippen molar-refractivity contribution >= 4 is 22.5 Å². The number of nitrogen functional groups attached to an aromatic ring is 1. The molecular formula is C16H11FN4. The molecule has 0 aliphatic carbocycles. The second-order valence-electron chi connectivity index (χ2n) is 4.82. The SMILES string of the molecule is Nc1nc2ccccc2n2cc(-c3cccc(F)c3)nc12. The first-order valence-electron chi connectivity index (χ1n) is 6.51. The monoisotopic (exact) mass is 278 g/mol. The van der Waals surface area contributed by atoms with E-state index in [0.717, 1.165) is 11.0 Å². The van der Waals surface area contributed by atoms with E-state index < -0.39 is 0 Å². The van der Waals surface area contributed by atoms with Gasteiger partial charge >= 0.3 is 0 Å². The number of hydrogen-bond acceptors (Lipinski definition) is 3. The Morgan fingerprint density at radius 1 is 1.00 bits per heavy atom. The molecule has 102 valence electrons. The number of para-hydroxylation sites is 2. The van der Waals surface area contributed by atoms with Crippen LogP contribution in [0.3, 0.4) is 0 Å². The normalized spacial score (nSPS) is 11.3. The average molecular weight is 278 g/mol. The van der Waals surface area contributed by atoms with Gasteiger partial charge in [-0.1, -0.05) is 24.3 Å². The molecule has 0 saturated heterocycles. The van der Waals surface area contributed by atoms with Crippen molar-refractivity contribution < 1.29 is 4.39 Å². The Hall–Kier alpha value is -2.95. The predicted octanol–water partition coefficient (Wildman–Crippen LogP) is 3.27. The van der Waals surface area contributed by atoms with E-state index in [1.54, 1.807) is 6.07 Å². The van der Waals surface area contributed by atoms with E-state index in [4.69, 9.17) is 5.73 Å². The third-order valence-corrected chi connectivity index (χ3v) is 3.44. The van der Waals surface area contributed by atoms with Gasteiger partial charge in [0.2, 0.25) is 0 Å². The van der Waals surface area contributed by atoms with Crippen molar-refractivity contribution in [1.82, 2.24) is 14.4 Å². The minimum absolute atomic E-state index is 0.291. The Morgan fingerprint density at radius 2 is 1.86 bits per heavy atom. The number of aromatic nitrogens is 3. The van der Waals surface area contributed by atoms with Crippen LogP contribution in [0.2, 0.25) is 0 Å². The Morgan fingerprint density at radius 3 is 2.71 bits per heavy atom. The lowest BCUT2D eigenvalue weighted by atomic mass is 10.2. The zero-order valence-corrected chi connectivity index (χ0v) is 11.0. The van der Waals surface area contributed by atoms with Crippen molar-refractivity contribution in [3.8, 4) is 11.3 Å². The summed E-state index contributed by atoms with van der Waals surface area (Å²) in [6.45, 7) is 0. The number of rotatable bonds is 1. The Balaban J connectivity index is 2.06. The number of nitrogens with two attached hydrogens (primary N) is 1. The van der Waals surface area contributed by atoms with Gasteiger partial charge in [-0.25, -0.2) is 14.4 Å². The fourth-order valence-electron chi connectivity index (χ4n) is 2.47. The maximum atomic E-state index is 13.4. The van der Waals surface area contributed by atoms with Crippen molar-refractivity contribution in [2.45, 2.75) is 0 Å². The number of hydrogen-bond donors (Lipinski definition) is 1. The highest BCUT2D eigenvalue weighted by Gasteiger charge is 2.11. The highest BCUT2D eigenvalue weighted by molar-refractivity contribution is 5.83. The fourth-order valence-corrected chi connectivity index (χ4v) is 2.47. The highest BCUT2D eigenvalue weighted by atomic mass is 19.1. The molecule has 4 aromatic rings. The standard InChI is InChI=1S/C16H11FN4/c17-11-5-3-4-10(8-11)13-9-21-14-7-2-1-6-12(14)19-15(18)16(21)20-13/h1-9H,(H2,18,19). The maximum absolute atomic E-state index is 13.4. The van der Waals surface area contributed by atoms with Gasteiger partial charge in [0, 0.05) is 11.8 Å². The lowest BCUT2D eigenvalue weighted by Crippen LogP contribution is -1.97. The van der Waals surface area contributed by atoms with E-state index in [9.17, 15) is 4.39 Å². The molecule has 2 N–H and O–H groups in total. The zero-order chi connectivity index (χ0) is 14.4. The van der Waals surface area contributed by atoms with E-state index in [0.29, 0.717) is 22.7 Å². The van der Waals surface area contributed by atoms with E-state index in [2.05, 4.69) is 9.97 Å². The molecule has 0 aliphatic rings. The average Bonchev–Trinajstić information content (AvgIpc) is 2.93. The Kier molecular flexibility index (Phi) is 2.41. The van der Waals surface area contributed by atoms with Crippen molar-refractivity contribution in [2.24, 2.45) is 0 Å². The molecule has 2 aromatic heterocycles. The van der Waals surface area contributed by atoms with Gasteiger partial charge < -0.3 is 5.73 Å². The summed E-state index contributed by atoms with van der Waals surface area (Å²) in [7, 11) is 0. The molecule has 0 bridgehead atoms. The van der Waals surface area contributed by atoms with E-state index in [-0.39, 0.29) is 5.82 Å². The molecule has 0 radical (unpaired) electrons. The summed E-state index contributed by atoms with van der Waals surface area (Å²) in [5, 5.41) is 0. The van der Waals surface area contributed by atoms with Gasteiger partial charge in [0.05, 0.1) is 16.7 Å². The molecule has 21 heavy (non-hydrogen) atoms. The molecule has 0 atom stereocenters. The minimum Gasteiger partial charge on any atom is -0.381 e. The van der Waals surface area contributed by atoms with Crippen molar-refractivity contribution in [1.29, 1.82) is 0 Å². The molecule has 0 spiro atoms. The van der Waals surface area contributed by atoms with Crippen LogP contribution in [-0.4, -0.2) is 14.4 Å². The van der Waals surface area contributed by atoms with Crippen LogP contribution in [0.25, 0.3) is 27.9 Å². The number of nitrogens with zero attached hydrogens (tertiary/aromatic N) is 3. The molecule has 4 rings (SSSR count). The largest absolute Gasteiger partial charge is 0.381 e. The van der Waals surface area contributed by atoms with Crippen LogP contribution in [-0.2, 0) is 0 Å². The topological polar surface area (TPSA) is 56.2 Å². The third kappa shape index (κ3) is 1.82. The molecule has 5 heteroatoms. The Labute approximate surface area is 119 Å². The smallest absolute Gasteiger partial charge is 0.180 e. The second-order valence-corrected chi connectivity index (χ2v) is 4.82. The first kappa shape index (κ1) is 11.8. The van der Waals surface area contributed by atoms with Crippen molar-refractivity contribution in [3.63, 3.8) is 0 Å². The first-order chi connectivity index (χ1) is 10.2. The zero-order valence-electron chi connectivity index (χ0n) is 11.0. The minimum atomic E-state index is -0.291. The lowest BCUT2D eigenvalue weighted by molar-refractivity contribution is 0.628. The van der Waals surface area contributed by atoms with Crippen LogP contribution in [0.5, 0.6) is 0 Å². The number of fused-ring (bicyclic) bond motifs is 3. The number of imidazole rings is 1. The lowest BCUT2D eigenvalue weighted by Gasteiger charge is -2.02. The summed E-state index contributed by atoms with van der Waals surface area (Å²) in [6.07, 6.45) is 1.85. The second kappa shape index (κ2) is 4.28. The summed E-state index contributed by atoms with van der Waals surface area (Å²) in [5.41, 5.74) is 9.64. The van der Waals surface area contributed by atoms with Gasteiger partial charge in [0.25, 0.3) is 0 Å². The van der Waals surface area contributed by atoms with E-state index >= 15 is 0 Å². The van der Waals surface area contributed by atoms with Gasteiger partial charge in [-0.3, -0.25) is 4.40 Å². The van der Waals surface area contributed by atoms with Crippen molar-refractivity contribution in [2.75, 3.05) is 5.73 Å². The summed E-state index contributed by atoms with van der Waals surface area (Å²) in [4.78, 5) is 8.83. The maximum Gasteiger partial charge on any atom is 0.180 e. The van der Waals surface area contributed by atoms with E-state index in [1.165, 1.54) is 12.1 Å². The molecular weight excluding hydrogens is 267 g/mol. The summed E-state index contributed by atoms with van der Waals surface area (Å²) in [5.74, 6) is 0.0665. The quantitative estimate of drug-likeness (QED) is 0.581. The molecule has 2 heterocycles. The molecule has 2 aromatic carbocycles. The predicted molar refractivity (Wildman–Crippen MR) is 80.3 cm³/mol. The molecule has 0 fully saturated rings. The summed E-state index contributed by atoms with van der Waals surface area (Å²) >= 11 is 0. The van der Waals surface area contributed by atoms with E-state index in [1.807, 2.05) is 40.9 Å². The molecule has 0 saturated carbocycles. The molecule has 0 aliphatic heterocycles. The van der Waals surface area contributed by atoms with Gasteiger partial charge in [0.1, 0.15) is 5.82 Å². The molecule has 0 unspecified atom stereocenters. The van der Waals surface area contributed by atoms with Crippen LogP contribution in [0.4, 0.5) is 10.2 Å². The number of benzene rings is 2. The van der Waals surface area contributed by atoms with Crippen molar-refractivity contribution in [3.05, 3.63) is 60.5 Å². The van der Waals surface area contributed by atoms with Crippen LogP contribution >= 0.6 is 0 Å². The summed E-state index contributed by atoms with van der Waals surface area (Å²) in [6, 6.07) is 14.0. The van der Waals surface area contributed by atoms with Crippen LogP contribution in [0, 0.1) is 5.82 Å². The van der Waals surface area contributed by atoms with Crippen LogP contribution in [0.15, 0.2) is 54.7 Å². The fraction of sp³-hybridized carbons (Fsp3) is 0. The van der Waals surface area contributed by atoms with Gasteiger partial charge in [-0.15, -0.1) is 0 Å². The van der Waals surface area contributed by atoms with Gasteiger partial charge in [0.15, 0.2) is 11.5 Å². The van der Waals surface area contributed by atoms with Gasteiger partial charge in [-0.2, -0.15) is 0 Å². The highest BCUT2D eigenvalue weighted by Crippen LogP contribution is 2.25. The van der Waals surface area contributed by atoms with Crippen LogP contribution < -0.4 is 5.73 Å². The molecule has 4 nitrogen and oxygen atoms in total. The number of anilines is 1.